The highest BCUT2D eigenvalue weighted by Crippen LogP contribution is 2.29. The first kappa shape index (κ1) is 38.8. The van der Waals surface area contributed by atoms with Gasteiger partial charge in [-0.3, -0.25) is 14.4 Å². The molecule has 0 N–H and O–H groups in total. The summed E-state index contributed by atoms with van der Waals surface area (Å²) in [5.74, 6) is -0.0592. The highest BCUT2D eigenvalue weighted by molar-refractivity contribution is 5.95. The lowest BCUT2D eigenvalue weighted by molar-refractivity contribution is -0.143. The van der Waals surface area contributed by atoms with Crippen molar-refractivity contribution in [1.82, 2.24) is 19.9 Å². The van der Waals surface area contributed by atoms with E-state index in [4.69, 9.17) is 9.26 Å². The van der Waals surface area contributed by atoms with Crippen LogP contribution in [0.4, 0.5) is 18.9 Å². The summed E-state index contributed by atoms with van der Waals surface area (Å²) in [4.78, 5) is 47.3. The summed E-state index contributed by atoms with van der Waals surface area (Å²) in [6, 6.07) is 22.5. The molecule has 13 heteroatoms. The van der Waals surface area contributed by atoms with Crippen molar-refractivity contribution in [3.05, 3.63) is 125 Å². The predicted molar refractivity (Wildman–Crippen MR) is 194 cm³/mol. The molecule has 1 atom stereocenters. The molecule has 1 fully saturated rings. The number of benzene rings is 3. The molecular weight excluding hydrogens is 687 g/mol. The van der Waals surface area contributed by atoms with Crippen molar-refractivity contribution >= 4 is 29.5 Å². The molecule has 3 amide bonds. The highest BCUT2D eigenvalue weighted by Gasteiger charge is 2.32. The number of piperazine rings is 1. The molecule has 4 aromatic rings. The number of hydrogen-bond donors (Lipinski definition) is 0. The molecule has 1 unspecified atom stereocenters. The molecule has 53 heavy (non-hydrogen) atoms. The van der Waals surface area contributed by atoms with E-state index in [0.717, 1.165) is 28.9 Å². The van der Waals surface area contributed by atoms with Gasteiger partial charge in [-0.05, 0) is 54.0 Å². The third kappa shape index (κ3) is 11.0. The van der Waals surface area contributed by atoms with Gasteiger partial charge in [-0.15, -0.1) is 0 Å². The van der Waals surface area contributed by atoms with Crippen LogP contribution in [0.25, 0.3) is 6.08 Å². The molecule has 10 nitrogen and oxygen atoms in total. The summed E-state index contributed by atoms with van der Waals surface area (Å²) < 4.78 is 50.3. The van der Waals surface area contributed by atoms with E-state index in [-0.39, 0.29) is 44.5 Å². The molecule has 0 radical (unpaired) electrons. The van der Waals surface area contributed by atoms with Gasteiger partial charge in [0.15, 0.2) is 0 Å². The third-order valence-corrected chi connectivity index (χ3v) is 9.13. The van der Waals surface area contributed by atoms with E-state index in [1.165, 1.54) is 34.1 Å². The van der Waals surface area contributed by atoms with Crippen molar-refractivity contribution in [2.75, 3.05) is 51.3 Å². The summed E-state index contributed by atoms with van der Waals surface area (Å²) in [5.41, 5.74) is 2.87. The van der Waals surface area contributed by atoms with Crippen LogP contribution in [0.15, 0.2) is 95.5 Å². The SMILES string of the molecule is CC(=O)N1CCN(c2ccc(CN(C(=O)C=Cc3ccc(C(F)(F)F)cc3)C(Cc3ccccc3)C(=O)N(C)CCOCc3cc(C)on3)cc2)CC1. The van der Waals surface area contributed by atoms with E-state index < -0.39 is 23.7 Å². The van der Waals surface area contributed by atoms with Crippen molar-refractivity contribution in [3.63, 3.8) is 0 Å². The van der Waals surface area contributed by atoms with Gasteiger partial charge in [-0.1, -0.05) is 59.8 Å². The van der Waals surface area contributed by atoms with Gasteiger partial charge in [0.05, 0.1) is 18.8 Å². The quantitative estimate of drug-likeness (QED) is 0.116. The highest BCUT2D eigenvalue weighted by atomic mass is 19.4. The molecule has 0 spiro atoms. The van der Waals surface area contributed by atoms with Crippen molar-refractivity contribution in [2.45, 2.75) is 45.6 Å². The Kier molecular flexibility index (Phi) is 13.1. The molecular formula is C40H44F3N5O5. The van der Waals surface area contributed by atoms with E-state index in [1.54, 1.807) is 27.0 Å². The lowest BCUT2D eigenvalue weighted by atomic mass is 10.0. The van der Waals surface area contributed by atoms with Crippen LogP contribution in [0.3, 0.4) is 0 Å². The molecule has 1 aromatic heterocycles. The smallest absolute Gasteiger partial charge is 0.373 e. The van der Waals surface area contributed by atoms with Gasteiger partial charge in [0.2, 0.25) is 17.7 Å². The Morgan fingerprint density at radius 3 is 2.23 bits per heavy atom. The minimum Gasteiger partial charge on any atom is -0.373 e. The first-order valence-electron chi connectivity index (χ1n) is 17.4. The number of likely N-dealkylation sites (N-methyl/N-ethyl adjacent to an activating group) is 1. The number of rotatable bonds is 14. The van der Waals surface area contributed by atoms with Crippen LogP contribution in [0.5, 0.6) is 0 Å². The van der Waals surface area contributed by atoms with Gasteiger partial charge in [0.1, 0.15) is 17.5 Å². The number of amides is 3. The van der Waals surface area contributed by atoms with Gasteiger partial charge in [-0.2, -0.15) is 13.2 Å². The molecule has 0 saturated carbocycles. The Morgan fingerprint density at radius 1 is 0.943 bits per heavy atom. The molecule has 0 aliphatic carbocycles. The minimum atomic E-state index is -4.48. The number of ether oxygens (including phenoxy) is 1. The number of nitrogens with zero attached hydrogens (tertiary/aromatic N) is 5. The number of hydrogen-bond acceptors (Lipinski definition) is 7. The van der Waals surface area contributed by atoms with Crippen LogP contribution < -0.4 is 4.90 Å². The summed E-state index contributed by atoms with van der Waals surface area (Å²) in [5, 5.41) is 3.92. The van der Waals surface area contributed by atoms with Crippen LogP contribution in [-0.2, 0) is 44.9 Å². The Bertz CT molecular complexity index is 1840. The van der Waals surface area contributed by atoms with E-state index in [2.05, 4.69) is 10.1 Å². The third-order valence-electron chi connectivity index (χ3n) is 9.13. The maximum atomic E-state index is 14.3. The fourth-order valence-electron chi connectivity index (χ4n) is 6.07. The zero-order chi connectivity index (χ0) is 38.0. The lowest BCUT2D eigenvalue weighted by Gasteiger charge is -2.36. The normalized spacial score (nSPS) is 14.0. The van der Waals surface area contributed by atoms with Crippen LogP contribution >= 0.6 is 0 Å². The molecule has 1 aliphatic heterocycles. The Labute approximate surface area is 307 Å². The second-order valence-corrected chi connectivity index (χ2v) is 13.0. The number of alkyl halides is 3. The summed E-state index contributed by atoms with van der Waals surface area (Å²) in [6.45, 7) is 6.78. The Morgan fingerprint density at radius 2 is 1.62 bits per heavy atom. The average molecular weight is 732 g/mol. The van der Waals surface area contributed by atoms with Crippen molar-refractivity contribution in [3.8, 4) is 0 Å². The Balaban J connectivity index is 1.38. The predicted octanol–water partition coefficient (Wildman–Crippen LogP) is 6.00. The largest absolute Gasteiger partial charge is 0.416 e. The van der Waals surface area contributed by atoms with Gasteiger partial charge in [0, 0.05) is 77.5 Å². The number of aryl methyl sites for hydroxylation is 1. The van der Waals surface area contributed by atoms with Gasteiger partial charge >= 0.3 is 6.18 Å². The first-order valence-corrected chi connectivity index (χ1v) is 17.4. The minimum absolute atomic E-state index is 0.0523. The topological polar surface area (TPSA) is 99.4 Å². The van der Waals surface area contributed by atoms with Crippen LogP contribution in [0.1, 0.15) is 40.6 Å². The van der Waals surface area contributed by atoms with E-state index >= 15 is 0 Å². The first-order chi connectivity index (χ1) is 25.4. The standard InChI is InChI=1S/C40H44F3N5O5/c1-29-25-35(44-53-29)28-52-24-23-45(3)39(51)37(26-32-7-5-4-6-8-32)48(38(50)18-13-31-9-14-34(15-10-31)40(41,42)43)27-33-11-16-36(17-12-33)47-21-19-46(20-22-47)30(2)49/h4-18,25,37H,19-24,26-28H2,1-3H3. The van der Waals surface area contributed by atoms with Crippen molar-refractivity contribution < 1.29 is 36.8 Å². The number of halogens is 3. The number of carbonyl (C=O) groups is 3. The fraction of sp³-hybridized carbons (Fsp3) is 0.350. The van der Waals surface area contributed by atoms with E-state index in [1.807, 2.05) is 59.5 Å². The van der Waals surface area contributed by atoms with Gasteiger partial charge in [0.25, 0.3) is 0 Å². The van der Waals surface area contributed by atoms with Crippen molar-refractivity contribution in [2.24, 2.45) is 0 Å². The molecule has 5 rings (SSSR count). The summed E-state index contributed by atoms with van der Waals surface area (Å²) in [6.07, 6.45) is -1.52. The van der Waals surface area contributed by atoms with Crippen LogP contribution in [-0.4, -0.2) is 90.0 Å². The summed E-state index contributed by atoms with van der Waals surface area (Å²) >= 11 is 0. The lowest BCUT2D eigenvalue weighted by Crippen LogP contribution is -2.51. The number of anilines is 1. The van der Waals surface area contributed by atoms with Crippen molar-refractivity contribution in [1.29, 1.82) is 0 Å². The average Bonchev–Trinajstić information content (AvgIpc) is 3.58. The van der Waals surface area contributed by atoms with Crippen LogP contribution in [0.2, 0.25) is 0 Å². The monoisotopic (exact) mass is 731 g/mol. The molecule has 0 bridgehead atoms. The zero-order valence-electron chi connectivity index (χ0n) is 30.1. The second kappa shape index (κ2) is 17.9. The maximum absolute atomic E-state index is 14.3. The summed E-state index contributed by atoms with van der Waals surface area (Å²) in [7, 11) is 1.66. The van der Waals surface area contributed by atoms with E-state index in [0.29, 0.717) is 43.2 Å². The Hall–Kier alpha value is -5.43. The van der Waals surface area contributed by atoms with E-state index in [9.17, 15) is 27.6 Å². The van der Waals surface area contributed by atoms with Crippen LogP contribution in [0, 0.1) is 6.92 Å². The fourth-order valence-corrected chi connectivity index (χ4v) is 6.07. The van der Waals surface area contributed by atoms with Gasteiger partial charge < -0.3 is 28.9 Å². The zero-order valence-corrected chi connectivity index (χ0v) is 30.1. The second-order valence-electron chi connectivity index (χ2n) is 13.0. The molecule has 1 aliphatic rings. The number of aromatic nitrogens is 1. The number of carbonyl (C=O) groups excluding carboxylic acids is 3. The molecule has 2 heterocycles. The maximum Gasteiger partial charge on any atom is 0.416 e. The molecule has 3 aromatic carbocycles. The molecule has 280 valence electrons. The molecule has 1 saturated heterocycles. The van der Waals surface area contributed by atoms with Gasteiger partial charge in [-0.25, -0.2) is 0 Å².